The Bertz CT molecular complexity index is 793. The van der Waals surface area contributed by atoms with Crippen molar-refractivity contribution in [2.75, 3.05) is 0 Å². The Labute approximate surface area is 131 Å². The average molecular weight is 320 g/mol. The number of carbonyl (C=O) groups is 1. The van der Waals surface area contributed by atoms with E-state index in [1.165, 1.54) is 36.4 Å². The number of rotatable bonds is 2. The van der Waals surface area contributed by atoms with Crippen LogP contribution in [0.2, 0.25) is 0 Å². The van der Waals surface area contributed by atoms with Gasteiger partial charge in [0, 0.05) is 22.6 Å². The van der Waals surface area contributed by atoms with Crippen LogP contribution < -0.4 is 0 Å². The molecule has 0 amide bonds. The topological polar surface area (TPSA) is 37.3 Å². The molecule has 1 unspecified atom stereocenters. The quantitative estimate of drug-likeness (QED) is 0.838. The maximum Gasteiger partial charge on any atom is 0.425 e. The van der Waals surface area contributed by atoms with Gasteiger partial charge in [-0.15, -0.1) is 0 Å². The second kappa shape index (κ2) is 4.93. The minimum absolute atomic E-state index is 0.182. The lowest BCUT2D eigenvalue weighted by atomic mass is 9.88. The highest BCUT2D eigenvalue weighted by atomic mass is 19.4. The third kappa shape index (κ3) is 2.03. The first-order chi connectivity index (χ1) is 10.7. The SMILES string of the molecule is CC(C)C(=O)c1cccc2c1-c1ccccc1C2(O)C(F)(F)F. The molecule has 120 valence electrons. The summed E-state index contributed by atoms with van der Waals surface area (Å²) in [5.74, 6) is -0.601. The summed E-state index contributed by atoms with van der Waals surface area (Å²) in [5, 5.41) is 10.5. The van der Waals surface area contributed by atoms with Crippen LogP contribution in [0.4, 0.5) is 13.2 Å². The van der Waals surface area contributed by atoms with Crippen molar-refractivity contribution in [1.82, 2.24) is 0 Å². The summed E-state index contributed by atoms with van der Waals surface area (Å²) in [6.45, 7) is 3.39. The Kier molecular flexibility index (Phi) is 3.37. The number of benzene rings is 2. The molecule has 0 aliphatic heterocycles. The Balaban J connectivity index is 2.40. The molecule has 0 saturated heterocycles. The molecule has 0 bridgehead atoms. The third-order valence-electron chi connectivity index (χ3n) is 4.24. The van der Waals surface area contributed by atoms with Crippen molar-refractivity contribution in [3.05, 3.63) is 59.2 Å². The molecule has 5 heteroatoms. The molecule has 0 saturated carbocycles. The Morgan fingerprint density at radius 1 is 1.04 bits per heavy atom. The maximum atomic E-state index is 13.7. The van der Waals surface area contributed by atoms with Gasteiger partial charge in [0.05, 0.1) is 0 Å². The highest BCUT2D eigenvalue weighted by Gasteiger charge is 2.61. The molecule has 0 radical (unpaired) electrons. The zero-order valence-corrected chi connectivity index (χ0v) is 12.6. The van der Waals surface area contributed by atoms with Gasteiger partial charge in [0.1, 0.15) is 0 Å². The Morgan fingerprint density at radius 3 is 2.26 bits per heavy atom. The number of hydrogen-bond acceptors (Lipinski definition) is 2. The van der Waals surface area contributed by atoms with Gasteiger partial charge in [-0.25, -0.2) is 0 Å². The van der Waals surface area contributed by atoms with Crippen molar-refractivity contribution in [3.63, 3.8) is 0 Å². The number of Topliss-reactive ketones (excluding diaryl/α,β-unsaturated/α-hetero) is 1. The van der Waals surface area contributed by atoms with Gasteiger partial charge in [-0.2, -0.15) is 13.2 Å². The molecule has 2 aromatic carbocycles. The monoisotopic (exact) mass is 320 g/mol. The smallest absolute Gasteiger partial charge is 0.372 e. The van der Waals surface area contributed by atoms with E-state index in [9.17, 15) is 23.1 Å². The van der Waals surface area contributed by atoms with Crippen molar-refractivity contribution in [1.29, 1.82) is 0 Å². The number of carbonyl (C=O) groups excluding carboxylic acids is 1. The van der Waals surface area contributed by atoms with Crippen molar-refractivity contribution < 1.29 is 23.1 Å². The number of ketones is 1. The van der Waals surface area contributed by atoms with Gasteiger partial charge in [-0.3, -0.25) is 4.79 Å². The van der Waals surface area contributed by atoms with Crippen molar-refractivity contribution in [2.24, 2.45) is 5.92 Å². The fourth-order valence-corrected chi connectivity index (χ4v) is 3.13. The Hall–Kier alpha value is -2.14. The fourth-order valence-electron chi connectivity index (χ4n) is 3.13. The van der Waals surface area contributed by atoms with Crippen LogP contribution in [0.5, 0.6) is 0 Å². The average Bonchev–Trinajstić information content (AvgIpc) is 2.77. The number of alkyl halides is 3. The molecule has 2 aromatic rings. The predicted octanol–water partition coefficient (Wildman–Crippen LogP) is 4.30. The summed E-state index contributed by atoms with van der Waals surface area (Å²) in [5.41, 5.74) is -2.95. The molecule has 1 aliphatic rings. The molecule has 1 N–H and O–H groups in total. The third-order valence-corrected chi connectivity index (χ3v) is 4.24. The van der Waals surface area contributed by atoms with E-state index in [-0.39, 0.29) is 39.5 Å². The van der Waals surface area contributed by atoms with Gasteiger partial charge in [0.15, 0.2) is 5.78 Å². The number of fused-ring (bicyclic) bond motifs is 3. The Morgan fingerprint density at radius 2 is 1.65 bits per heavy atom. The van der Waals surface area contributed by atoms with E-state index in [2.05, 4.69) is 0 Å². The molecular weight excluding hydrogens is 305 g/mol. The lowest BCUT2D eigenvalue weighted by molar-refractivity contribution is -0.246. The van der Waals surface area contributed by atoms with Gasteiger partial charge in [-0.05, 0) is 11.1 Å². The largest absolute Gasteiger partial charge is 0.425 e. The van der Waals surface area contributed by atoms with Crippen LogP contribution in [-0.2, 0) is 5.60 Å². The van der Waals surface area contributed by atoms with E-state index < -0.39 is 11.8 Å². The van der Waals surface area contributed by atoms with Crippen LogP contribution in [0, 0.1) is 5.92 Å². The normalized spacial score (nSPS) is 19.6. The minimum atomic E-state index is -4.88. The first kappa shape index (κ1) is 15.7. The van der Waals surface area contributed by atoms with Crippen LogP contribution in [0.1, 0.15) is 35.3 Å². The van der Waals surface area contributed by atoms with Crippen LogP contribution in [0.3, 0.4) is 0 Å². The fraction of sp³-hybridized carbons (Fsp3) is 0.278. The van der Waals surface area contributed by atoms with Gasteiger partial charge < -0.3 is 5.11 Å². The van der Waals surface area contributed by atoms with Crippen LogP contribution in [0.15, 0.2) is 42.5 Å². The van der Waals surface area contributed by atoms with E-state index in [0.717, 1.165) is 0 Å². The standard InChI is InChI=1S/C18H15F3O2/c1-10(2)16(22)12-7-5-9-14-15(12)11-6-3-4-8-13(11)17(14,23)18(19,20)21/h3-10,23H,1-2H3. The molecule has 0 fully saturated rings. The first-order valence-electron chi connectivity index (χ1n) is 7.26. The van der Waals surface area contributed by atoms with Crippen LogP contribution in [-0.4, -0.2) is 17.1 Å². The highest BCUT2D eigenvalue weighted by molar-refractivity contribution is 6.05. The van der Waals surface area contributed by atoms with Crippen molar-refractivity contribution >= 4 is 5.78 Å². The molecular formula is C18H15F3O2. The summed E-state index contributed by atoms with van der Waals surface area (Å²) in [7, 11) is 0. The number of aliphatic hydroxyl groups is 1. The first-order valence-corrected chi connectivity index (χ1v) is 7.26. The van der Waals surface area contributed by atoms with Crippen LogP contribution >= 0.6 is 0 Å². The van der Waals surface area contributed by atoms with E-state index in [1.807, 2.05) is 0 Å². The zero-order chi connectivity index (χ0) is 17.0. The lowest BCUT2D eigenvalue weighted by Gasteiger charge is -2.28. The summed E-state index contributed by atoms with van der Waals surface area (Å²) in [6, 6.07) is 9.95. The zero-order valence-electron chi connectivity index (χ0n) is 12.6. The van der Waals surface area contributed by atoms with Gasteiger partial charge >= 0.3 is 6.18 Å². The lowest BCUT2D eigenvalue weighted by Crippen LogP contribution is -2.41. The molecule has 1 aliphatic carbocycles. The second-order valence-corrected chi connectivity index (χ2v) is 6.00. The molecule has 2 nitrogen and oxygen atoms in total. The van der Waals surface area contributed by atoms with Crippen molar-refractivity contribution in [3.8, 4) is 11.1 Å². The van der Waals surface area contributed by atoms with E-state index >= 15 is 0 Å². The summed E-state index contributed by atoms with van der Waals surface area (Å²) >= 11 is 0. The molecule has 0 spiro atoms. The van der Waals surface area contributed by atoms with E-state index in [0.29, 0.717) is 0 Å². The summed E-state index contributed by atoms with van der Waals surface area (Å²) < 4.78 is 41.0. The number of hydrogen-bond donors (Lipinski definition) is 1. The van der Waals surface area contributed by atoms with Gasteiger partial charge in [-0.1, -0.05) is 56.3 Å². The van der Waals surface area contributed by atoms with Crippen LogP contribution in [0.25, 0.3) is 11.1 Å². The van der Waals surface area contributed by atoms with Gasteiger partial charge in [0.25, 0.3) is 0 Å². The molecule has 0 aromatic heterocycles. The highest BCUT2D eigenvalue weighted by Crippen LogP contribution is 2.55. The maximum absolute atomic E-state index is 13.7. The van der Waals surface area contributed by atoms with E-state index in [1.54, 1.807) is 19.9 Å². The summed E-state index contributed by atoms with van der Waals surface area (Å²) in [6.07, 6.45) is -4.88. The van der Waals surface area contributed by atoms with E-state index in [4.69, 9.17) is 0 Å². The molecule has 3 rings (SSSR count). The summed E-state index contributed by atoms with van der Waals surface area (Å²) in [4.78, 5) is 12.4. The second-order valence-electron chi connectivity index (χ2n) is 6.00. The molecule has 23 heavy (non-hydrogen) atoms. The van der Waals surface area contributed by atoms with Gasteiger partial charge in [0.2, 0.25) is 5.60 Å². The van der Waals surface area contributed by atoms with Crippen molar-refractivity contribution in [2.45, 2.75) is 25.6 Å². The molecule has 0 heterocycles. The molecule has 1 atom stereocenters. The minimum Gasteiger partial charge on any atom is -0.372 e. The predicted molar refractivity (Wildman–Crippen MR) is 80.1 cm³/mol. The number of halogens is 3.